The molecule has 0 aliphatic carbocycles. The van der Waals surface area contributed by atoms with Crippen LogP contribution in [0, 0.1) is 0 Å². The minimum atomic E-state index is -0.404. The van der Waals surface area contributed by atoms with Crippen LogP contribution in [0.3, 0.4) is 0 Å². The van der Waals surface area contributed by atoms with Crippen molar-refractivity contribution in [2.75, 3.05) is 50.1 Å². The lowest BCUT2D eigenvalue weighted by Crippen LogP contribution is -2.48. The number of methoxy groups -OCH3 is 1. The van der Waals surface area contributed by atoms with E-state index in [-0.39, 0.29) is 0 Å². The summed E-state index contributed by atoms with van der Waals surface area (Å²) in [5.41, 5.74) is 1.42. The fraction of sp³-hybridized carbons (Fsp3) is 0.474. The van der Waals surface area contributed by atoms with Gasteiger partial charge in [0.2, 0.25) is 5.95 Å². The molecule has 0 amide bonds. The molecule has 1 N–H and O–H groups in total. The number of hydrogen-bond donors (Lipinski definition) is 1. The molecule has 8 nitrogen and oxygen atoms in total. The third kappa shape index (κ3) is 4.00. The number of nitrogens with zero attached hydrogens (tertiary/aromatic N) is 6. The third-order valence-corrected chi connectivity index (χ3v) is 5.11. The van der Waals surface area contributed by atoms with Crippen molar-refractivity contribution in [2.45, 2.75) is 19.0 Å². The van der Waals surface area contributed by atoms with Gasteiger partial charge in [0.1, 0.15) is 17.1 Å². The first-order valence-electron chi connectivity index (χ1n) is 9.29. The Hall–Kier alpha value is -2.74. The molecule has 0 saturated carbocycles. The van der Waals surface area contributed by atoms with Gasteiger partial charge in [0, 0.05) is 57.6 Å². The fourth-order valence-corrected chi connectivity index (χ4v) is 3.42. The van der Waals surface area contributed by atoms with Gasteiger partial charge in [-0.1, -0.05) is 0 Å². The second kappa shape index (κ2) is 7.48. The van der Waals surface area contributed by atoms with Crippen molar-refractivity contribution in [3.63, 3.8) is 0 Å². The maximum Gasteiger partial charge on any atom is 0.225 e. The van der Waals surface area contributed by atoms with Gasteiger partial charge < -0.3 is 15.0 Å². The molecule has 2 aromatic rings. The molecule has 1 fully saturated rings. The summed E-state index contributed by atoms with van der Waals surface area (Å²) in [5.74, 6) is 1.64. The number of hydrogen-bond acceptors (Lipinski definition) is 8. The highest BCUT2D eigenvalue weighted by Crippen LogP contribution is 2.37. The SMILES string of the molecule is COc1ccc2c(c1)NC(C)(CCN1CCN(c3ncccn3)CC1)N=N2. The molecule has 4 rings (SSSR count). The van der Waals surface area contributed by atoms with Gasteiger partial charge in [-0.2, -0.15) is 10.2 Å². The van der Waals surface area contributed by atoms with E-state index in [1.54, 1.807) is 19.5 Å². The molecule has 27 heavy (non-hydrogen) atoms. The molecule has 1 atom stereocenters. The summed E-state index contributed by atoms with van der Waals surface area (Å²) in [6, 6.07) is 7.65. The fourth-order valence-electron chi connectivity index (χ4n) is 3.42. The van der Waals surface area contributed by atoms with Crippen LogP contribution in [-0.4, -0.2) is 60.4 Å². The van der Waals surface area contributed by atoms with Gasteiger partial charge in [0.25, 0.3) is 0 Å². The molecule has 142 valence electrons. The molecule has 2 aliphatic heterocycles. The first kappa shape index (κ1) is 17.7. The number of nitrogens with one attached hydrogen (secondary N) is 1. The Balaban J connectivity index is 1.32. The maximum absolute atomic E-state index is 5.31. The van der Waals surface area contributed by atoms with E-state index in [2.05, 4.69) is 42.2 Å². The highest BCUT2D eigenvalue weighted by atomic mass is 16.5. The highest BCUT2D eigenvalue weighted by molar-refractivity contribution is 5.69. The highest BCUT2D eigenvalue weighted by Gasteiger charge is 2.29. The first-order chi connectivity index (χ1) is 13.1. The number of ether oxygens (including phenoxy) is 1. The molecular weight excluding hydrogens is 342 g/mol. The molecular formula is C19H25N7O. The van der Waals surface area contributed by atoms with Crippen LogP contribution in [-0.2, 0) is 0 Å². The second-order valence-corrected chi connectivity index (χ2v) is 7.11. The van der Waals surface area contributed by atoms with Crippen molar-refractivity contribution >= 4 is 17.3 Å². The first-order valence-corrected chi connectivity index (χ1v) is 9.29. The van der Waals surface area contributed by atoms with Crippen LogP contribution >= 0.6 is 0 Å². The number of azo groups is 1. The van der Waals surface area contributed by atoms with Gasteiger partial charge in [0.05, 0.1) is 12.8 Å². The molecule has 1 aromatic carbocycles. The van der Waals surface area contributed by atoms with Crippen molar-refractivity contribution in [3.05, 3.63) is 36.7 Å². The number of piperazine rings is 1. The van der Waals surface area contributed by atoms with Crippen molar-refractivity contribution in [3.8, 4) is 5.75 Å². The average Bonchev–Trinajstić information content (AvgIpc) is 2.73. The predicted octanol–water partition coefficient (Wildman–Crippen LogP) is 2.92. The van der Waals surface area contributed by atoms with Crippen LogP contribution < -0.4 is 15.0 Å². The van der Waals surface area contributed by atoms with E-state index in [1.165, 1.54) is 0 Å². The summed E-state index contributed by atoms with van der Waals surface area (Å²) in [6.07, 6.45) is 4.47. The Labute approximate surface area is 159 Å². The van der Waals surface area contributed by atoms with Gasteiger partial charge >= 0.3 is 0 Å². The number of anilines is 2. The van der Waals surface area contributed by atoms with E-state index in [9.17, 15) is 0 Å². The molecule has 3 heterocycles. The number of aromatic nitrogens is 2. The van der Waals surface area contributed by atoms with Gasteiger partial charge in [-0.25, -0.2) is 9.97 Å². The van der Waals surface area contributed by atoms with E-state index in [1.807, 2.05) is 24.3 Å². The quantitative estimate of drug-likeness (QED) is 0.875. The van der Waals surface area contributed by atoms with Crippen LogP contribution in [0.1, 0.15) is 13.3 Å². The second-order valence-electron chi connectivity index (χ2n) is 7.11. The Morgan fingerprint density at radius 2 is 1.93 bits per heavy atom. The van der Waals surface area contributed by atoms with E-state index in [4.69, 9.17) is 4.74 Å². The van der Waals surface area contributed by atoms with Crippen LogP contribution in [0.2, 0.25) is 0 Å². The van der Waals surface area contributed by atoms with Crippen LogP contribution in [0.15, 0.2) is 46.9 Å². The molecule has 2 aliphatic rings. The maximum atomic E-state index is 5.31. The van der Waals surface area contributed by atoms with Crippen molar-refractivity contribution in [1.29, 1.82) is 0 Å². The summed E-state index contributed by atoms with van der Waals surface area (Å²) in [7, 11) is 1.67. The van der Waals surface area contributed by atoms with E-state index >= 15 is 0 Å². The normalized spacial score (nSPS) is 22.2. The largest absolute Gasteiger partial charge is 0.497 e. The van der Waals surface area contributed by atoms with Gasteiger partial charge in [-0.3, -0.25) is 4.90 Å². The van der Waals surface area contributed by atoms with Gasteiger partial charge in [-0.15, -0.1) is 0 Å². The molecule has 1 saturated heterocycles. The minimum absolute atomic E-state index is 0.404. The van der Waals surface area contributed by atoms with Gasteiger partial charge in [0.15, 0.2) is 0 Å². The summed E-state index contributed by atoms with van der Waals surface area (Å²) in [6.45, 7) is 6.93. The molecule has 0 bridgehead atoms. The van der Waals surface area contributed by atoms with E-state index in [0.717, 1.165) is 62.2 Å². The predicted molar refractivity (Wildman–Crippen MR) is 105 cm³/mol. The molecule has 0 spiro atoms. The monoisotopic (exact) mass is 367 g/mol. The zero-order valence-corrected chi connectivity index (χ0v) is 15.8. The van der Waals surface area contributed by atoms with Crippen molar-refractivity contribution in [2.24, 2.45) is 10.2 Å². The van der Waals surface area contributed by atoms with Crippen molar-refractivity contribution in [1.82, 2.24) is 14.9 Å². The number of rotatable bonds is 5. The number of benzene rings is 1. The van der Waals surface area contributed by atoms with Crippen LogP contribution in [0.5, 0.6) is 5.75 Å². The van der Waals surface area contributed by atoms with Crippen LogP contribution in [0.4, 0.5) is 17.3 Å². The smallest absolute Gasteiger partial charge is 0.225 e. The topological polar surface area (TPSA) is 78.2 Å². The summed E-state index contributed by atoms with van der Waals surface area (Å²) in [4.78, 5) is 13.4. The number of fused-ring (bicyclic) bond motifs is 1. The Bertz CT molecular complexity index is 805. The van der Waals surface area contributed by atoms with E-state index < -0.39 is 5.66 Å². The summed E-state index contributed by atoms with van der Waals surface area (Å²) >= 11 is 0. The van der Waals surface area contributed by atoms with E-state index in [0.29, 0.717) is 0 Å². The Morgan fingerprint density at radius 3 is 2.67 bits per heavy atom. The Kier molecular flexibility index (Phi) is 4.89. The zero-order chi connectivity index (χ0) is 18.7. The van der Waals surface area contributed by atoms with Crippen molar-refractivity contribution < 1.29 is 4.74 Å². The minimum Gasteiger partial charge on any atom is -0.497 e. The molecule has 1 unspecified atom stereocenters. The lowest BCUT2D eigenvalue weighted by atomic mass is 10.1. The standard InChI is InChI=1S/C19H25N7O/c1-19(22-17-14-15(27-2)4-5-16(17)23-24-19)6-9-25-10-12-26(13-11-25)18-20-7-3-8-21-18/h3-5,7-8,14,22H,6,9-13H2,1-2H3. The lowest BCUT2D eigenvalue weighted by Gasteiger charge is -2.37. The third-order valence-electron chi connectivity index (χ3n) is 5.11. The summed E-state index contributed by atoms with van der Waals surface area (Å²) in [5, 5.41) is 12.4. The zero-order valence-electron chi connectivity index (χ0n) is 15.8. The molecule has 8 heteroatoms. The molecule has 1 aromatic heterocycles. The summed E-state index contributed by atoms with van der Waals surface area (Å²) < 4.78 is 5.31. The van der Waals surface area contributed by atoms with Crippen LogP contribution in [0.25, 0.3) is 0 Å². The lowest BCUT2D eigenvalue weighted by molar-refractivity contribution is 0.235. The molecule has 0 radical (unpaired) electrons. The Morgan fingerprint density at radius 1 is 1.15 bits per heavy atom. The average molecular weight is 367 g/mol. The van der Waals surface area contributed by atoms with Gasteiger partial charge in [-0.05, 0) is 25.1 Å².